The average molecular weight is 314 g/mol. The van der Waals surface area contributed by atoms with Crippen molar-refractivity contribution in [1.82, 2.24) is 0 Å². The van der Waals surface area contributed by atoms with Gasteiger partial charge in [0, 0.05) is 28.2 Å². The van der Waals surface area contributed by atoms with Crippen LogP contribution in [0.5, 0.6) is 17.2 Å². The molecule has 0 fully saturated rings. The van der Waals surface area contributed by atoms with Gasteiger partial charge in [0.1, 0.15) is 17.2 Å². The lowest BCUT2D eigenvalue weighted by Crippen LogP contribution is -2.08. The Kier molecular flexibility index (Phi) is 3.81. The fourth-order valence-electron chi connectivity index (χ4n) is 2.46. The van der Waals surface area contributed by atoms with E-state index >= 15 is 0 Å². The number of phenols is 1. The normalized spacial score (nSPS) is 12.0. The summed E-state index contributed by atoms with van der Waals surface area (Å²) >= 11 is 1.43. The summed E-state index contributed by atoms with van der Waals surface area (Å²) in [6, 6.07) is 8.19. The van der Waals surface area contributed by atoms with E-state index in [1.54, 1.807) is 36.4 Å². The molecule has 0 aromatic heterocycles. The molecule has 0 saturated carbocycles. The lowest BCUT2D eigenvalue weighted by Gasteiger charge is -2.23. The van der Waals surface area contributed by atoms with E-state index in [1.807, 2.05) is 0 Å². The van der Waals surface area contributed by atoms with Gasteiger partial charge >= 0.3 is 5.97 Å². The van der Waals surface area contributed by atoms with Gasteiger partial charge < -0.3 is 14.9 Å². The van der Waals surface area contributed by atoms with E-state index in [2.05, 4.69) is 6.58 Å². The predicted molar refractivity (Wildman–Crippen MR) is 85.3 cm³/mol. The monoisotopic (exact) mass is 314 g/mol. The molecule has 0 amide bonds. The largest absolute Gasteiger partial charge is 0.508 e. The first-order chi connectivity index (χ1) is 10.6. The average Bonchev–Trinajstić information content (AvgIpc) is 2.50. The van der Waals surface area contributed by atoms with E-state index in [1.165, 1.54) is 11.8 Å². The van der Waals surface area contributed by atoms with Crippen molar-refractivity contribution in [2.45, 2.75) is 11.3 Å². The highest BCUT2D eigenvalue weighted by molar-refractivity contribution is 7.99. The lowest BCUT2D eigenvalue weighted by molar-refractivity contribution is 0.0693. The van der Waals surface area contributed by atoms with Crippen molar-refractivity contribution >= 4 is 17.7 Å². The fourth-order valence-corrected chi connectivity index (χ4v) is 3.40. The van der Waals surface area contributed by atoms with Crippen LogP contribution in [0.4, 0.5) is 0 Å². The second-order valence-corrected chi connectivity index (χ2v) is 5.92. The Morgan fingerprint density at radius 2 is 2.09 bits per heavy atom. The Bertz CT molecular complexity index is 767. The Labute approximate surface area is 132 Å². The number of thioether (sulfide) groups is 1. The summed E-state index contributed by atoms with van der Waals surface area (Å²) in [6.45, 7) is 3.68. The molecule has 22 heavy (non-hydrogen) atoms. The zero-order valence-electron chi connectivity index (χ0n) is 11.7. The standard InChI is InChI=1S/C17H14O4S/c1-2-7-22-16-12(17(19)20)4-6-15-13(16)9-10-8-11(18)3-5-14(10)21-15/h2-6,8,18H,1,7,9H2,(H,19,20). The summed E-state index contributed by atoms with van der Waals surface area (Å²) in [5, 5.41) is 19.0. The fraction of sp³-hybridized carbons (Fsp3) is 0.118. The van der Waals surface area contributed by atoms with Crippen molar-refractivity contribution in [2.24, 2.45) is 0 Å². The second-order valence-electron chi connectivity index (χ2n) is 4.89. The molecule has 0 aliphatic carbocycles. The van der Waals surface area contributed by atoms with E-state index in [0.29, 0.717) is 28.6 Å². The first kappa shape index (κ1) is 14.5. The number of fused-ring (bicyclic) bond motifs is 2. The summed E-state index contributed by atoms with van der Waals surface area (Å²) in [4.78, 5) is 12.1. The Morgan fingerprint density at radius 1 is 1.32 bits per heavy atom. The molecule has 5 heteroatoms. The van der Waals surface area contributed by atoms with Gasteiger partial charge in [0.05, 0.1) is 5.56 Å². The third-order valence-electron chi connectivity index (χ3n) is 3.42. The van der Waals surface area contributed by atoms with Crippen LogP contribution in [0, 0.1) is 0 Å². The molecule has 0 radical (unpaired) electrons. The lowest BCUT2D eigenvalue weighted by atomic mass is 9.98. The minimum absolute atomic E-state index is 0.167. The smallest absolute Gasteiger partial charge is 0.336 e. The maximum absolute atomic E-state index is 11.5. The highest BCUT2D eigenvalue weighted by Crippen LogP contribution is 2.43. The maximum atomic E-state index is 11.5. The molecule has 2 aromatic rings. The van der Waals surface area contributed by atoms with Crippen LogP contribution < -0.4 is 4.74 Å². The van der Waals surface area contributed by atoms with E-state index in [4.69, 9.17) is 4.74 Å². The zero-order chi connectivity index (χ0) is 15.7. The van der Waals surface area contributed by atoms with E-state index in [9.17, 15) is 15.0 Å². The number of carbonyl (C=O) groups is 1. The Hall–Kier alpha value is -2.40. The van der Waals surface area contributed by atoms with Crippen LogP contribution in [0.3, 0.4) is 0 Å². The summed E-state index contributed by atoms with van der Waals surface area (Å²) in [7, 11) is 0. The number of carboxylic acid groups (broad SMARTS) is 1. The molecule has 0 atom stereocenters. The van der Waals surface area contributed by atoms with Gasteiger partial charge in [0.25, 0.3) is 0 Å². The third kappa shape index (κ3) is 2.55. The molecule has 0 bridgehead atoms. The number of benzene rings is 2. The molecule has 112 valence electrons. The van der Waals surface area contributed by atoms with Gasteiger partial charge in [-0.15, -0.1) is 18.3 Å². The van der Waals surface area contributed by atoms with Crippen LogP contribution in [0.15, 0.2) is 47.9 Å². The minimum Gasteiger partial charge on any atom is -0.508 e. The number of ether oxygens (including phenoxy) is 1. The van der Waals surface area contributed by atoms with Gasteiger partial charge in [-0.05, 0) is 30.3 Å². The van der Waals surface area contributed by atoms with Crippen molar-refractivity contribution in [3.05, 3.63) is 59.7 Å². The van der Waals surface area contributed by atoms with Gasteiger partial charge in [-0.3, -0.25) is 0 Å². The van der Waals surface area contributed by atoms with E-state index in [0.717, 1.165) is 11.1 Å². The number of rotatable bonds is 4. The molecule has 2 N–H and O–H groups in total. The molecule has 1 aliphatic rings. The molecule has 2 aromatic carbocycles. The number of hydrogen-bond acceptors (Lipinski definition) is 4. The zero-order valence-corrected chi connectivity index (χ0v) is 12.5. The highest BCUT2D eigenvalue weighted by Gasteiger charge is 2.24. The van der Waals surface area contributed by atoms with Crippen LogP contribution in [-0.2, 0) is 6.42 Å². The van der Waals surface area contributed by atoms with Crippen molar-refractivity contribution < 1.29 is 19.7 Å². The Morgan fingerprint density at radius 3 is 2.82 bits per heavy atom. The summed E-state index contributed by atoms with van der Waals surface area (Å²) in [5.41, 5.74) is 1.94. The van der Waals surface area contributed by atoms with Crippen molar-refractivity contribution in [1.29, 1.82) is 0 Å². The Balaban J connectivity index is 2.10. The summed E-state index contributed by atoms with van der Waals surface area (Å²) < 4.78 is 5.84. The van der Waals surface area contributed by atoms with Gasteiger partial charge in [0.15, 0.2) is 0 Å². The summed E-state index contributed by atoms with van der Waals surface area (Å²) in [5.74, 6) is 1.17. The molecule has 0 spiro atoms. The van der Waals surface area contributed by atoms with Crippen LogP contribution in [0.1, 0.15) is 21.5 Å². The highest BCUT2D eigenvalue weighted by atomic mass is 32.2. The quantitative estimate of drug-likeness (QED) is 0.561. The van der Waals surface area contributed by atoms with E-state index < -0.39 is 5.97 Å². The van der Waals surface area contributed by atoms with Gasteiger partial charge in [0.2, 0.25) is 0 Å². The van der Waals surface area contributed by atoms with Gasteiger partial charge in [-0.1, -0.05) is 6.08 Å². The molecule has 4 nitrogen and oxygen atoms in total. The number of hydrogen-bond donors (Lipinski definition) is 2. The van der Waals surface area contributed by atoms with Gasteiger partial charge in [-0.25, -0.2) is 4.79 Å². The molecule has 1 aliphatic heterocycles. The molecule has 0 saturated heterocycles. The van der Waals surface area contributed by atoms with Crippen LogP contribution in [0.25, 0.3) is 0 Å². The minimum atomic E-state index is -0.962. The second kappa shape index (κ2) is 5.77. The molecular formula is C17H14O4S. The molecular weight excluding hydrogens is 300 g/mol. The van der Waals surface area contributed by atoms with Crippen LogP contribution in [-0.4, -0.2) is 21.9 Å². The van der Waals surface area contributed by atoms with Crippen molar-refractivity contribution in [3.63, 3.8) is 0 Å². The first-order valence-corrected chi connectivity index (χ1v) is 7.71. The van der Waals surface area contributed by atoms with Gasteiger partial charge in [-0.2, -0.15) is 0 Å². The molecule has 1 heterocycles. The topological polar surface area (TPSA) is 66.8 Å². The number of carboxylic acids is 1. The van der Waals surface area contributed by atoms with E-state index in [-0.39, 0.29) is 11.3 Å². The predicted octanol–water partition coefficient (Wildman–Crippen LogP) is 4.07. The molecule has 3 rings (SSSR count). The first-order valence-electron chi connectivity index (χ1n) is 6.72. The SMILES string of the molecule is C=CCSc1c(C(=O)O)ccc2c1Cc1cc(O)ccc1O2. The van der Waals surface area contributed by atoms with Crippen molar-refractivity contribution in [3.8, 4) is 17.2 Å². The number of aromatic carboxylic acids is 1. The number of phenolic OH excluding ortho intramolecular Hbond substituents is 1. The summed E-state index contributed by atoms with van der Waals surface area (Å²) in [6.07, 6.45) is 2.26. The number of aromatic hydroxyl groups is 1. The van der Waals surface area contributed by atoms with Crippen LogP contribution in [0.2, 0.25) is 0 Å². The maximum Gasteiger partial charge on any atom is 0.336 e. The van der Waals surface area contributed by atoms with Crippen molar-refractivity contribution in [2.75, 3.05) is 5.75 Å². The van der Waals surface area contributed by atoms with Crippen LogP contribution >= 0.6 is 11.8 Å². The molecule has 0 unspecified atom stereocenters. The third-order valence-corrected chi connectivity index (χ3v) is 4.58.